The lowest BCUT2D eigenvalue weighted by Gasteiger charge is -2.34. The Hall–Kier alpha value is -2.74. The fraction of sp³-hybridized carbons (Fsp3) is 0.217. The van der Waals surface area contributed by atoms with Crippen molar-refractivity contribution in [3.63, 3.8) is 0 Å². The zero-order chi connectivity index (χ0) is 17.1. The Morgan fingerprint density at radius 1 is 0.840 bits per heavy atom. The van der Waals surface area contributed by atoms with Crippen LogP contribution in [0.5, 0.6) is 11.5 Å². The van der Waals surface area contributed by atoms with E-state index >= 15 is 0 Å². The van der Waals surface area contributed by atoms with Crippen molar-refractivity contribution in [1.29, 1.82) is 0 Å². The summed E-state index contributed by atoms with van der Waals surface area (Å²) in [5, 5.41) is 0. The highest BCUT2D eigenvalue weighted by Gasteiger charge is 2.33. The first-order valence-electron chi connectivity index (χ1n) is 8.86. The molecular weight excluding hydrogens is 308 g/mol. The van der Waals surface area contributed by atoms with E-state index in [9.17, 15) is 0 Å². The highest BCUT2D eigenvalue weighted by atomic mass is 16.5. The molecule has 0 spiro atoms. The number of rotatable bonds is 4. The van der Waals surface area contributed by atoms with Crippen molar-refractivity contribution in [3.05, 3.63) is 95.6 Å². The van der Waals surface area contributed by atoms with Crippen LogP contribution < -0.4 is 9.47 Å². The number of ether oxygens (including phenoxy) is 2. The largest absolute Gasteiger partial charge is 0.494 e. The summed E-state index contributed by atoms with van der Waals surface area (Å²) in [5.74, 6) is 2.49. The minimum atomic E-state index is 0.281. The number of hydrogen-bond acceptors (Lipinski definition) is 2. The molecule has 0 aromatic heterocycles. The van der Waals surface area contributed by atoms with Gasteiger partial charge in [0.25, 0.3) is 0 Å². The Bertz CT molecular complexity index is 824. The molecule has 126 valence electrons. The van der Waals surface area contributed by atoms with Gasteiger partial charge in [-0.15, -0.1) is 0 Å². The summed E-state index contributed by atoms with van der Waals surface area (Å²) < 4.78 is 11.7. The fourth-order valence-corrected chi connectivity index (χ4v) is 3.70. The molecule has 2 heteroatoms. The number of para-hydroxylation sites is 1. The van der Waals surface area contributed by atoms with Crippen LogP contribution >= 0.6 is 0 Å². The SMILES string of the molecule is CCOc1ccc(C2c3ccccc3OCC2c2ccccc2)cc1. The topological polar surface area (TPSA) is 18.5 Å². The van der Waals surface area contributed by atoms with Crippen LogP contribution in [0.2, 0.25) is 0 Å². The standard InChI is InChI=1S/C23H22O2/c1-2-24-19-14-12-18(13-15-19)23-20-10-6-7-11-22(20)25-16-21(23)17-8-4-3-5-9-17/h3-15,21,23H,2,16H2,1H3. The van der Waals surface area contributed by atoms with Crippen molar-refractivity contribution in [2.75, 3.05) is 13.2 Å². The summed E-state index contributed by atoms with van der Waals surface area (Å²) in [6.45, 7) is 3.39. The van der Waals surface area contributed by atoms with E-state index in [-0.39, 0.29) is 5.92 Å². The van der Waals surface area contributed by atoms with Crippen molar-refractivity contribution >= 4 is 0 Å². The van der Waals surface area contributed by atoms with E-state index in [1.165, 1.54) is 16.7 Å². The van der Waals surface area contributed by atoms with Gasteiger partial charge in [-0.05, 0) is 36.2 Å². The van der Waals surface area contributed by atoms with Gasteiger partial charge in [-0.3, -0.25) is 0 Å². The van der Waals surface area contributed by atoms with Gasteiger partial charge in [0, 0.05) is 17.4 Å². The quantitative estimate of drug-likeness (QED) is 0.638. The van der Waals surface area contributed by atoms with Gasteiger partial charge in [-0.1, -0.05) is 60.7 Å². The summed E-state index contributed by atoms with van der Waals surface area (Å²) in [6, 6.07) is 27.6. The molecule has 0 N–H and O–H groups in total. The predicted octanol–water partition coefficient (Wildman–Crippen LogP) is 5.39. The molecule has 0 aliphatic carbocycles. The molecule has 0 amide bonds. The Balaban J connectivity index is 1.78. The molecule has 3 aromatic rings. The molecule has 3 aromatic carbocycles. The minimum Gasteiger partial charge on any atom is -0.494 e. The number of benzene rings is 3. The Labute approximate surface area is 149 Å². The molecule has 1 aliphatic heterocycles. The summed E-state index contributed by atoms with van der Waals surface area (Å²) >= 11 is 0. The average molecular weight is 330 g/mol. The van der Waals surface area contributed by atoms with E-state index < -0.39 is 0 Å². The first-order valence-corrected chi connectivity index (χ1v) is 8.86. The van der Waals surface area contributed by atoms with Gasteiger partial charge in [-0.25, -0.2) is 0 Å². The van der Waals surface area contributed by atoms with Gasteiger partial charge in [-0.2, -0.15) is 0 Å². The van der Waals surface area contributed by atoms with E-state index in [2.05, 4.69) is 72.8 Å². The van der Waals surface area contributed by atoms with Crippen LogP contribution in [0.25, 0.3) is 0 Å². The Morgan fingerprint density at radius 2 is 1.56 bits per heavy atom. The predicted molar refractivity (Wildman–Crippen MR) is 101 cm³/mol. The lowest BCUT2D eigenvalue weighted by atomic mass is 9.76. The van der Waals surface area contributed by atoms with Crippen molar-refractivity contribution < 1.29 is 9.47 Å². The van der Waals surface area contributed by atoms with Crippen LogP contribution in [0, 0.1) is 0 Å². The van der Waals surface area contributed by atoms with E-state index in [4.69, 9.17) is 9.47 Å². The molecule has 25 heavy (non-hydrogen) atoms. The second-order valence-corrected chi connectivity index (χ2v) is 6.35. The van der Waals surface area contributed by atoms with Crippen molar-refractivity contribution in [3.8, 4) is 11.5 Å². The molecule has 2 nitrogen and oxygen atoms in total. The highest BCUT2D eigenvalue weighted by Crippen LogP contribution is 2.45. The summed E-state index contributed by atoms with van der Waals surface area (Å²) in [7, 11) is 0. The lowest BCUT2D eigenvalue weighted by Crippen LogP contribution is -2.25. The molecule has 2 atom stereocenters. The molecule has 0 saturated heterocycles. The molecule has 0 saturated carbocycles. The zero-order valence-electron chi connectivity index (χ0n) is 14.4. The maximum atomic E-state index is 6.08. The summed E-state index contributed by atoms with van der Waals surface area (Å²) in [5.41, 5.74) is 3.87. The second-order valence-electron chi connectivity index (χ2n) is 6.35. The molecular formula is C23H22O2. The molecule has 1 aliphatic rings. The highest BCUT2D eigenvalue weighted by molar-refractivity contribution is 5.48. The van der Waals surface area contributed by atoms with Crippen LogP contribution in [0.15, 0.2) is 78.9 Å². The van der Waals surface area contributed by atoms with Crippen LogP contribution in [0.1, 0.15) is 35.4 Å². The normalized spacial score (nSPS) is 18.9. The van der Waals surface area contributed by atoms with Gasteiger partial charge in [0.1, 0.15) is 11.5 Å². The monoisotopic (exact) mass is 330 g/mol. The van der Waals surface area contributed by atoms with Gasteiger partial charge >= 0.3 is 0 Å². The van der Waals surface area contributed by atoms with E-state index in [0.29, 0.717) is 19.1 Å². The lowest BCUT2D eigenvalue weighted by molar-refractivity contribution is 0.249. The van der Waals surface area contributed by atoms with E-state index in [1.54, 1.807) is 0 Å². The molecule has 1 heterocycles. The van der Waals surface area contributed by atoms with Crippen molar-refractivity contribution in [2.45, 2.75) is 18.8 Å². The van der Waals surface area contributed by atoms with Gasteiger partial charge in [0.15, 0.2) is 0 Å². The summed E-state index contributed by atoms with van der Waals surface area (Å²) in [4.78, 5) is 0. The third-order valence-electron chi connectivity index (χ3n) is 4.85. The zero-order valence-corrected chi connectivity index (χ0v) is 14.4. The minimum absolute atomic E-state index is 0.281. The van der Waals surface area contributed by atoms with Crippen LogP contribution in [-0.4, -0.2) is 13.2 Å². The maximum Gasteiger partial charge on any atom is 0.123 e. The van der Waals surface area contributed by atoms with Crippen LogP contribution in [0.4, 0.5) is 0 Å². The second kappa shape index (κ2) is 7.02. The third-order valence-corrected chi connectivity index (χ3v) is 4.85. The van der Waals surface area contributed by atoms with Gasteiger partial charge in [0.2, 0.25) is 0 Å². The molecule has 0 radical (unpaired) electrons. The van der Waals surface area contributed by atoms with Crippen LogP contribution in [-0.2, 0) is 0 Å². The first kappa shape index (κ1) is 15.8. The van der Waals surface area contributed by atoms with E-state index in [1.807, 2.05) is 13.0 Å². The Kier molecular flexibility index (Phi) is 4.43. The van der Waals surface area contributed by atoms with Crippen LogP contribution in [0.3, 0.4) is 0 Å². The van der Waals surface area contributed by atoms with Crippen molar-refractivity contribution in [1.82, 2.24) is 0 Å². The number of fused-ring (bicyclic) bond motifs is 1. The smallest absolute Gasteiger partial charge is 0.123 e. The van der Waals surface area contributed by atoms with E-state index in [0.717, 1.165) is 11.5 Å². The molecule has 2 unspecified atom stereocenters. The van der Waals surface area contributed by atoms with Gasteiger partial charge < -0.3 is 9.47 Å². The Morgan fingerprint density at radius 3 is 2.32 bits per heavy atom. The molecule has 0 bridgehead atoms. The van der Waals surface area contributed by atoms with Crippen molar-refractivity contribution in [2.24, 2.45) is 0 Å². The fourth-order valence-electron chi connectivity index (χ4n) is 3.70. The number of hydrogen-bond donors (Lipinski definition) is 0. The summed E-state index contributed by atoms with van der Waals surface area (Å²) in [6.07, 6.45) is 0. The van der Waals surface area contributed by atoms with Gasteiger partial charge in [0.05, 0.1) is 13.2 Å². The average Bonchev–Trinajstić information content (AvgIpc) is 2.69. The molecule has 0 fully saturated rings. The maximum absolute atomic E-state index is 6.08. The molecule has 4 rings (SSSR count). The third kappa shape index (κ3) is 3.12. The first-order chi connectivity index (χ1) is 12.4.